The minimum absolute atomic E-state index is 0.309. The number of hydrogen-bond acceptors (Lipinski definition) is 4. The van der Waals surface area contributed by atoms with E-state index in [4.69, 9.17) is 5.11 Å². The van der Waals surface area contributed by atoms with Gasteiger partial charge in [-0.2, -0.15) is 5.10 Å². The molecule has 0 aliphatic heterocycles. The molecule has 0 atom stereocenters. The zero-order chi connectivity index (χ0) is 13.4. The highest BCUT2D eigenvalue weighted by atomic mass is 16.4. The minimum Gasteiger partial charge on any atom is -0.508 e. The van der Waals surface area contributed by atoms with E-state index in [1.54, 1.807) is 20.2 Å². The fourth-order valence-electron chi connectivity index (χ4n) is 1.77. The first kappa shape index (κ1) is 11.9. The van der Waals surface area contributed by atoms with Crippen LogP contribution < -0.4 is 5.56 Å². The Hall–Kier alpha value is -2.57. The van der Waals surface area contributed by atoms with Crippen molar-refractivity contribution < 1.29 is 15.0 Å². The Morgan fingerprint density at radius 3 is 2.56 bits per heavy atom. The van der Waals surface area contributed by atoms with Crippen LogP contribution in [0.3, 0.4) is 0 Å². The fraction of sp³-hybridized carbons (Fsp3) is 0.182. The first-order valence-electron chi connectivity index (χ1n) is 5.10. The van der Waals surface area contributed by atoms with E-state index in [2.05, 4.69) is 5.10 Å². The topological polar surface area (TPSA) is 97.3 Å². The largest absolute Gasteiger partial charge is 0.508 e. The predicted octanol–water partition coefficient (Wildman–Crippen LogP) is 0.283. The van der Waals surface area contributed by atoms with Gasteiger partial charge < -0.3 is 10.2 Å². The van der Waals surface area contributed by atoms with E-state index in [1.165, 1.54) is 4.68 Å². The van der Waals surface area contributed by atoms with E-state index in [1.807, 2.05) is 0 Å². The van der Waals surface area contributed by atoms with Crippen LogP contribution >= 0.6 is 0 Å². The van der Waals surface area contributed by atoms with Crippen molar-refractivity contribution in [2.75, 3.05) is 0 Å². The lowest BCUT2D eigenvalue weighted by Crippen LogP contribution is -2.23. The van der Waals surface area contributed by atoms with Crippen LogP contribution in [0.1, 0.15) is 16.2 Å². The molecule has 2 rings (SSSR count). The molecule has 0 radical (unpaired) electrons. The molecule has 7 heteroatoms. The average Bonchev–Trinajstić information content (AvgIpc) is 2.56. The van der Waals surface area contributed by atoms with Crippen molar-refractivity contribution in [3.05, 3.63) is 40.1 Å². The van der Waals surface area contributed by atoms with Gasteiger partial charge in [-0.05, 0) is 6.92 Å². The lowest BCUT2D eigenvalue weighted by Gasteiger charge is -2.08. The molecule has 0 saturated carbocycles. The molecule has 0 amide bonds. The Kier molecular flexibility index (Phi) is 2.66. The molecule has 0 saturated heterocycles. The van der Waals surface area contributed by atoms with Crippen LogP contribution in [0.2, 0.25) is 0 Å². The fourth-order valence-corrected chi connectivity index (χ4v) is 1.77. The van der Waals surface area contributed by atoms with Gasteiger partial charge in [0.15, 0.2) is 0 Å². The third-order valence-electron chi connectivity index (χ3n) is 2.46. The number of carboxylic acids is 1. The molecule has 2 N–H and O–H groups in total. The molecule has 94 valence electrons. The smallest absolute Gasteiger partial charge is 0.353 e. The highest BCUT2D eigenvalue weighted by Gasteiger charge is 2.17. The SMILES string of the molecule is Cc1nn(C)cc1-n1c(C(=O)O)cc(O)cc1=O. The van der Waals surface area contributed by atoms with Gasteiger partial charge in [0, 0.05) is 25.4 Å². The molecule has 7 nitrogen and oxygen atoms in total. The molecule has 0 aromatic carbocycles. The molecular weight excluding hydrogens is 238 g/mol. The Balaban J connectivity index is 2.82. The second-order valence-corrected chi connectivity index (χ2v) is 3.85. The molecule has 0 unspecified atom stereocenters. The summed E-state index contributed by atoms with van der Waals surface area (Å²) < 4.78 is 2.49. The standard InChI is InChI=1S/C11H11N3O4/c1-6-9(5-13(2)12-6)14-8(11(17)18)3-7(15)4-10(14)16/h3-5,15H,1-2H3,(H,17,18). The summed E-state index contributed by atoms with van der Waals surface area (Å²) in [4.78, 5) is 22.9. The van der Waals surface area contributed by atoms with Crippen LogP contribution in [0.25, 0.3) is 5.69 Å². The van der Waals surface area contributed by atoms with Crippen molar-refractivity contribution in [3.63, 3.8) is 0 Å². The van der Waals surface area contributed by atoms with Gasteiger partial charge in [-0.1, -0.05) is 0 Å². The number of carbonyl (C=O) groups is 1. The number of nitrogens with zero attached hydrogens (tertiary/aromatic N) is 3. The van der Waals surface area contributed by atoms with Gasteiger partial charge in [0.1, 0.15) is 11.4 Å². The summed E-state index contributed by atoms with van der Waals surface area (Å²) in [6.45, 7) is 1.67. The zero-order valence-corrected chi connectivity index (χ0v) is 9.78. The van der Waals surface area contributed by atoms with Gasteiger partial charge in [0.05, 0.1) is 11.4 Å². The van der Waals surface area contributed by atoms with E-state index in [0.717, 1.165) is 16.7 Å². The van der Waals surface area contributed by atoms with E-state index in [-0.39, 0.29) is 11.4 Å². The molecular formula is C11H11N3O4. The van der Waals surface area contributed by atoms with Gasteiger partial charge in [0.25, 0.3) is 5.56 Å². The van der Waals surface area contributed by atoms with Crippen molar-refractivity contribution in [2.24, 2.45) is 7.05 Å². The van der Waals surface area contributed by atoms with Crippen LogP contribution in [-0.4, -0.2) is 30.5 Å². The molecule has 0 fully saturated rings. The quantitative estimate of drug-likeness (QED) is 0.796. The maximum absolute atomic E-state index is 11.8. The van der Waals surface area contributed by atoms with E-state index < -0.39 is 11.5 Å². The highest BCUT2D eigenvalue weighted by Crippen LogP contribution is 2.16. The molecule has 2 aromatic rings. The Labute approximate surface area is 102 Å². The van der Waals surface area contributed by atoms with Gasteiger partial charge in [-0.3, -0.25) is 14.0 Å². The van der Waals surface area contributed by atoms with Crippen LogP contribution in [-0.2, 0) is 7.05 Å². The molecule has 0 bridgehead atoms. The maximum atomic E-state index is 11.8. The first-order chi connectivity index (χ1) is 8.40. The summed E-state index contributed by atoms with van der Waals surface area (Å²) in [6.07, 6.45) is 1.54. The highest BCUT2D eigenvalue weighted by molar-refractivity contribution is 5.87. The number of hydrogen-bond donors (Lipinski definition) is 2. The maximum Gasteiger partial charge on any atom is 0.353 e. The average molecular weight is 249 g/mol. The predicted molar refractivity (Wildman–Crippen MR) is 62.2 cm³/mol. The molecule has 18 heavy (non-hydrogen) atoms. The summed E-state index contributed by atoms with van der Waals surface area (Å²) in [5.41, 5.74) is -0.0349. The molecule has 2 aromatic heterocycles. The molecule has 0 aliphatic carbocycles. The van der Waals surface area contributed by atoms with E-state index >= 15 is 0 Å². The van der Waals surface area contributed by atoms with E-state index in [9.17, 15) is 14.7 Å². The zero-order valence-electron chi connectivity index (χ0n) is 9.78. The monoisotopic (exact) mass is 249 g/mol. The minimum atomic E-state index is -1.30. The Morgan fingerprint density at radius 2 is 2.06 bits per heavy atom. The van der Waals surface area contributed by atoms with E-state index in [0.29, 0.717) is 11.4 Å². The number of aryl methyl sites for hydroxylation is 2. The van der Waals surface area contributed by atoms with Crippen molar-refractivity contribution in [1.82, 2.24) is 14.3 Å². The summed E-state index contributed by atoms with van der Waals surface area (Å²) >= 11 is 0. The lowest BCUT2D eigenvalue weighted by atomic mass is 10.3. The van der Waals surface area contributed by atoms with Gasteiger partial charge in [0.2, 0.25) is 0 Å². The molecule has 2 heterocycles. The van der Waals surface area contributed by atoms with Crippen molar-refractivity contribution >= 4 is 5.97 Å². The second-order valence-electron chi connectivity index (χ2n) is 3.85. The normalized spacial score (nSPS) is 10.6. The number of aromatic nitrogens is 3. The third kappa shape index (κ3) is 1.86. The number of rotatable bonds is 2. The van der Waals surface area contributed by atoms with Crippen molar-refractivity contribution in [3.8, 4) is 11.4 Å². The van der Waals surface area contributed by atoms with Gasteiger partial charge in [-0.15, -0.1) is 0 Å². The van der Waals surface area contributed by atoms with Gasteiger partial charge >= 0.3 is 5.97 Å². The van der Waals surface area contributed by atoms with Crippen LogP contribution in [0.4, 0.5) is 0 Å². The number of aromatic carboxylic acids is 1. The van der Waals surface area contributed by atoms with Crippen molar-refractivity contribution in [1.29, 1.82) is 0 Å². The van der Waals surface area contributed by atoms with Crippen LogP contribution in [0, 0.1) is 6.92 Å². The molecule has 0 spiro atoms. The summed E-state index contributed by atoms with van der Waals surface area (Å²) in [5.74, 6) is -1.68. The lowest BCUT2D eigenvalue weighted by molar-refractivity contribution is 0.0686. The summed E-state index contributed by atoms with van der Waals surface area (Å²) in [6, 6.07) is 1.98. The summed E-state index contributed by atoms with van der Waals surface area (Å²) in [7, 11) is 1.67. The van der Waals surface area contributed by atoms with Gasteiger partial charge in [-0.25, -0.2) is 4.79 Å². The number of carboxylic acid groups (broad SMARTS) is 1. The number of pyridine rings is 1. The van der Waals surface area contributed by atoms with Crippen molar-refractivity contribution in [2.45, 2.75) is 6.92 Å². The first-order valence-corrected chi connectivity index (χ1v) is 5.10. The summed E-state index contributed by atoms with van der Waals surface area (Å²) in [5, 5.41) is 22.4. The molecule has 0 aliphatic rings. The van der Waals surface area contributed by atoms with Crippen LogP contribution in [0.15, 0.2) is 23.1 Å². The Bertz CT molecular complexity index is 684. The Morgan fingerprint density at radius 1 is 1.39 bits per heavy atom. The second kappa shape index (κ2) is 4.02. The van der Waals surface area contributed by atoms with Crippen LogP contribution in [0.5, 0.6) is 5.75 Å². The third-order valence-corrected chi connectivity index (χ3v) is 2.46. The number of aromatic hydroxyl groups is 1.